The van der Waals surface area contributed by atoms with Crippen molar-refractivity contribution in [3.63, 3.8) is 0 Å². The van der Waals surface area contributed by atoms with E-state index in [1.165, 1.54) is 0 Å². The summed E-state index contributed by atoms with van der Waals surface area (Å²) in [6, 6.07) is 8.06. The maximum Gasteiger partial charge on any atom is 0.254 e. The molecule has 0 N–H and O–H groups in total. The molecule has 1 fully saturated rings. The van der Waals surface area contributed by atoms with Crippen molar-refractivity contribution in [1.82, 2.24) is 29.5 Å². The van der Waals surface area contributed by atoms with E-state index in [2.05, 4.69) is 31.8 Å². The average Bonchev–Trinajstić information content (AvgIpc) is 3.04. The number of hydrogen-bond donors (Lipinski definition) is 0. The number of aromatic nitrogens is 6. The van der Waals surface area contributed by atoms with E-state index in [-0.39, 0.29) is 0 Å². The third-order valence-electron chi connectivity index (χ3n) is 5.69. The standard InChI is InChI=1S/C21H24N8/c1-14-15(2)25-21-22-13-23-29(21)20(14)28-10-6-9-27(11-12-28)19-16(3)24-17-7-4-5-8-18(17)26-19/h4-5,7-8,13H,6,9-12H2,1-3H3. The molecule has 8 nitrogen and oxygen atoms in total. The fraction of sp³-hybridized carbons (Fsp3) is 0.381. The molecule has 5 rings (SSSR count). The third-order valence-corrected chi connectivity index (χ3v) is 5.69. The van der Waals surface area contributed by atoms with Crippen LogP contribution in [0.15, 0.2) is 30.6 Å². The first-order chi connectivity index (χ1) is 14.1. The van der Waals surface area contributed by atoms with Crippen molar-refractivity contribution in [2.45, 2.75) is 27.2 Å². The maximum absolute atomic E-state index is 4.92. The average molecular weight is 388 g/mol. The number of rotatable bonds is 2. The van der Waals surface area contributed by atoms with Gasteiger partial charge in [-0.05, 0) is 39.3 Å². The molecule has 3 aromatic heterocycles. The Hall–Kier alpha value is -3.29. The normalized spacial score (nSPS) is 15.3. The molecule has 0 amide bonds. The summed E-state index contributed by atoms with van der Waals surface area (Å²) in [5.41, 5.74) is 5.02. The van der Waals surface area contributed by atoms with Gasteiger partial charge in [0.05, 0.1) is 16.7 Å². The van der Waals surface area contributed by atoms with Crippen molar-refractivity contribution in [1.29, 1.82) is 0 Å². The number of nitrogens with zero attached hydrogens (tertiary/aromatic N) is 8. The van der Waals surface area contributed by atoms with Crippen LogP contribution in [0.4, 0.5) is 11.6 Å². The van der Waals surface area contributed by atoms with Crippen LogP contribution in [0.25, 0.3) is 16.8 Å². The van der Waals surface area contributed by atoms with Gasteiger partial charge in [0.25, 0.3) is 5.78 Å². The highest BCUT2D eigenvalue weighted by molar-refractivity contribution is 5.76. The van der Waals surface area contributed by atoms with Gasteiger partial charge in [-0.1, -0.05) is 12.1 Å². The van der Waals surface area contributed by atoms with Crippen LogP contribution < -0.4 is 9.80 Å². The third kappa shape index (κ3) is 3.04. The first kappa shape index (κ1) is 17.8. The van der Waals surface area contributed by atoms with Crippen LogP contribution in [-0.4, -0.2) is 55.7 Å². The van der Waals surface area contributed by atoms with Gasteiger partial charge in [0, 0.05) is 37.4 Å². The van der Waals surface area contributed by atoms with Crippen LogP contribution in [0.2, 0.25) is 0 Å². The van der Waals surface area contributed by atoms with Gasteiger partial charge in [-0.25, -0.2) is 15.0 Å². The number of benzene rings is 1. The van der Waals surface area contributed by atoms with E-state index in [1.54, 1.807) is 6.33 Å². The minimum Gasteiger partial charge on any atom is -0.354 e. The minimum absolute atomic E-state index is 0.653. The SMILES string of the molecule is Cc1nc2ccccc2nc1N1CCCN(c2c(C)c(C)nc3ncnn23)CC1. The molecule has 1 aliphatic heterocycles. The summed E-state index contributed by atoms with van der Waals surface area (Å²) in [6.45, 7) is 9.86. The Morgan fingerprint density at radius 2 is 1.52 bits per heavy atom. The Morgan fingerprint density at radius 3 is 2.34 bits per heavy atom. The number of fused-ring (bicyclic) bond motifs is 2. The molecule has 1 saturated heterocycles. The monoisotopic (exact) mass is 388 g/mol. The van der Waals surface area contributed by atoms with Gasteiger partial charge in [-0.15, -0.1) is 0 Å². The molecule has 0 atom stereocenters. The van der Waals surface area contributed by atoms with E-state index >= 15 is 0 Å². The molecule has 0 radical (unpaired) electrons. The fourth-order valence-electron chi connectivity index (χ4n) is 4.11. The van der Waals surface area contributed by atoms with E-state index < -0.39 is 0 Å². The summed E-state index contributed by atoms with van der Waals surface area (Å²) < 4.78 is 1.86. The summed E-state index contributed by atoms with van der Waals surface area (Å²) in [7, 11) is 0. The van der Waals surface area contributed by atoms with E-state index in [0.29, 0.717) is 5.78 Å². The summed E-state index contributed by atoms with van der Waals surface area (Å²) in [5.74, 6) is 2.73. The first-order valence-electron chi connectivity index (χ1n) is 10.0. The van der Waals surface area contributed by atoms with E-state index in [0.717, 1.165) is 72.2 Å². The van der Waals surface area contributed by atoms with Gasteiger partial charge >= 0.3 is 0 Å². The van der Waals surface area contributed by atoms with Gasteiger partial charge in [-0.2, -0.15) is 14.6 Å². The molecule has 0 bridgehead atoms. The molecule has 4 aromatic rings. The van der Waals surface area contributed by atoms with Gasteiger partial charge < -0.3 is 9.80 Å². The van der Waals surface area contributed by atoms with Gasteiger partial charge in [-0.3, -0.25) is 0 Å². The lowest BCUT2D eigenvalue weighted by atomic mass is 10.2. The van der Waals surface area contributed by atoms with E-state index in [1.807, 2.05) is 42.6 Å². The highest BCUT2D eigenvalue weighted by Gasteiger charge is 2.23. The molecule has 1 aliphatic rings. The molecule has 0 spiro atoms. The van der Waals surface area contributed by atoms with E-state index in [9.17, 15) is 0 Å². The van der Waals surface area contributed by atoms with Crippen molar-refractivity contribution in [2.24, 2.45) is 0 Å². The van der Waals surface area contributed by atoms with Crippen LogP contribution in [-0.2, 0) is 0 Å². The molecule has 8 heteroatoms. The fourth-order valence-corrected chi connectivity index (χ4v) is 4.11. The van der Waals surface area contributed by atoms with Crippen LogP contribution >= 0.6 is 0 Å². The molecular weight excluding hydrogens is 364 g/mol. The highest BCUT2D eigenvalue weighted by Crippen LogP contribution is 2.26. The topological polar surface area (TPSA) is 75.3 Å². The van der Waals surface area contributed by atoms with Crippen molar-refractivity contribution in [3.8, 4) is 0 Å². The van der Waals surface area contributed by atoms with Crippen molar-refractivity contribution in [2.75, 3.05) is 36.0 Å². The Kier molecular flexibility index (Phi) is 4.26. The Bertz CT molecular complexity index is 1200. The second-order valence-electron chi connectivity index (χ2n) is 7.57. The summed E-state index contributed by atoms with van der Waals surface area (Å²) in [4.78, 5) is 23.3. The zero-order chi connectivity index (χ0) is 20.0. The molecule has 4 heterocycles. The van der Waals surface area contributed by atoms with Crippen molar-refractivity contribution < 1.29 is 0 Å². The zero-order valence-electron chi connectivity index (χ0n) is 17.0. The quantitative estimate of drug-likeness (QED) is 0.523. The summed E-state index contributed by atoms with van der Waals surface area (Å²) in [5, 5.41) is 4.42. The van der Waals surface area contributed by atoms with Crippen molar-refractivity contribution >= 4 is 28.4 Å². The number of para-hydroxylation sites is 2. The molecule has 29 heavy (non-hydrogen) atoms. The Balaban J connectivity index is 1.47. The van der Waals surface area contributed by atoms with Crippen LogP contribution in [0.1, 0.15) is 23.4 Å². The molecule has 0 saturated carbocycles. The lowest BCUT2D eigenvalue weighted by Gasteiger charge is -2.26. The largest absolute Gasteiger partial charge is 0.354 e. The molecule has 148 valence electrons. The summed E-state index contributed by atoms with van der Waals surface area (Å²) in [6.07, 6.45) is 2.60. The number of anilines is 2. The van der Waals surface area contributed by atoms with E-state index in [4.69, 9.17) is 9.97 Å². The molecule has 0 aliphatic carbocycles. The maximum atomic E-state index is 4.92. The lowest BCUT2D eigenvalue weighted by molar-refractivity contribution is 0.761. The van der Waals surface area contributed by atoms with Crippen LogP contribution in [0.5, 0.6) is 0 Å². The Labute approximate surface area is 169 Å². The first-order valence-corrected chi connectivity index (χ1v) is 10.0. The van der Waals surface area contributed by atoms with Crippen molar-refractivity contribution in [3.05, 3.63) is 47.5 Å². The van der Waals surface area contributed by atoms with Gasteiger partial charge in [0.15, 0.2) is 5.82 Å². The van der Waals surface area contributed by atoms with Crippen LogP contribution in [0, 0.1) is 20.8 Å². The molecular formula is C21H24N8. The molecule has 0 unspecified atom stereocenters. The van der Waals surface area contributed by atoms with Crippen LogP contribution in [0.3, 0.4) is 0 Å². The molecule has 1 aromatic carbocycles. The zero-order valence-corrected chi connectivity index (χ0v) is 17.0. The highest BCUT2D eigenvalue weighted by atomic mass is 15.4. The second-order valence-corrected chi connectivity index (χ2v) is 7.57. The van der Waals surface area contributed by atoms with Gasteiger partial charge in [0.1, 0.15) is 12.1 Å². The lowest BCUT2D eigenvalue weighted by Crippen LogP contribution is -2.33. The second kappa shape index (κ2) is 6.95. The Morgan fingerprint density at radius 1 is 0.793 bits per heavy atom. The smallest absolute Gasteiger partial charge is 0.254 e. The number of aryl methyl sites for hydroxylation is 2. The predicted octanol–water partition coefficient (Wildman–Crippen LogP) is 2.71. The minimum atomic E-state index is 0.653. The van der Waals surface area contributed by atoms with Gasteiger partial charge in [0.2, 0.25) is 0 Å². The number of hydrogen-bond acceptors (Lipinski definition) is 7. The predicted molar refractivity (Wildman–Crippen MR) is 114 cm³/mol. The summed E-state index contributed by atoms with van der Waals surface area (Å²) >= 11 is 0.